The largest absolute Gasteiger partial charge is 0.468 e. The Labute approximate surface area is 177 Å². The van der Waals surface area contributed by atoms with Gasteiger partial charge in [0, 0.05) is 31.9 Å². The van der Waals surface area contributed by atoms with Crippen molar-refractivity contribution in [1.82, 2.24) is 20.5 Å². The van der Waals surface area contributed by atoms with Crippen molar-refractivity contribution < 1.29 is 4.42 Å². The number of hydrogen-bond donors (Lipinski definition) is 2. The summed E-state index contributed by atoms with van der Waals surface area (Å²) in [5.74, 6) is 1.78. The van der Waals surface area contributed by atoms with Crippen LogP contribution in [0.3, 0.4) is 0 Å². The van der Waals surface area contributed by atoms with Crippen LogP contribution in [-0.4, -0.2) is 49.1 Å². The van der Waals surface area contributed by atoms with Crippen LogP contribution in [0.15, 0.2) is 33.2 Å². The number of aryl methyl sites for hydroxylation is 1. The predicted molar refractivity (Wildman–Crippen MR) is 120 cm³/mol. The highest BCUT2D eigenvalue weighted by molar-refractivity contribution is 14.0. The summed E-state index contributed by atoms with van der Waals surface area (Å²) in [5, 5.41) is 10.00. The average molecular weight is 491 g/mol. The van der Waals surface area contributed by atoms with E-state index in [0.717, 1.165) is 55.0 Å². The first-order valence-corrected chi connectivity index (χ1v) is 9.68. The fourth-order valence-corrected chi connectivity index (χ4v) is 3.45. The normalized spacial score (nSPS) is 12.7. The maximum absolute atomic E-state index is 5.64. The number of nitrogens with one attached hydrogen (secondary N) is 2. The van der Waals surface area contributed by atoms with Gasteiger partial charge in [-0.05, 0) is 32.1 Å². The van der Waals surface area contributed by atoms with Crippen molar-refractivity contribution in [3.8, 4) is 0 Å². The van der Waals surface area contributed by atoms with Crippen molar-refractivity contribution >= 4 is 41.3 Å². The molecule has 0 spiro atoms. The summed E-state index contributed by atoms with van der Waals surface area (Å²) < 4.78 is 5.64. The second kappa shape index (κ2) is 12.3. The van der Waals surface area contributed by atoms with Gasteiger partial charge < -0.3 is 15.1 Å². The number of aromatic nitrogens is 1. The molecule has 2 aromatic rings. The third-order valence-corrected chi connectivity index (χ3v) is 4.97. The van der Waals surface area contributed by atoms with E-state index < -0.39 is 0 Å². The van der Waals surface area contributed by atoms with E-state index in [9.17, 15) is 0 Å². The van der Waals surface area contributed by atoms with Crippen molar-refractivity contribution in [2.45, 2.75) is 33.2 Å². The summed E-state index contributed by atoms with van der Waals surface area (Å²) in [6, 6.07) is 4.16. The van der Waals surface area contributed by atoms with E-state index in [4.69, 9.17) is 4.42 Å². The van der Waals surface area contributed by atoms with Gasteiger partial charge in [0.1, 0.15) is 5.76 Å². The van der Waals surface area contributed by atoms with Gasteiger partial charge in [-0.25, -0.2) is 4.98 Å². The first kappa shape index (κ1) is 22.9. The van der Waals surface area contributed by atoms with Crippen LogP contribution in [-0.2, 0) is 6.42 Å². The van der Waals surface area contributed by atoms with E-state index in [1.165, 1.54) is 0 Å². The summed E-state index contributed by atoms with van der Waals surface area (Å²) in [6.07, 6.45) is 2.62. The third kappa shape index (κ3) is 6.88. The molecule has 0 aliphatic heterocycles. The van der Waals surface area contributed by atoms with Gasteiger partial charge in [-0.1, -0.05) is 13.8 Å². The first-order chi connectivity index (χ1) is 12.2. The molecule has 2 rings (SSSR count). The van der Waals surface area contributed by atoms with Crippen molar-refractivity contribution in [2.24, 2.45) is 4.99 Å². The van der Waals surface area contributed by atoms with Gasteiger partial charge in [0.05, 0.1) is 23.0 Å². The highest BCUT2D eigenvalue weighted by Crippen LogP contribution is 2.20. The molecule has 26 heavy (non-hydrogen) atoms. The van der Waals surface area contributed by atoms with Gasteiger partial charge in [0.2, 0.25) is 0 Å². The molecule has 2 N–H and O–H groups in total. The molecule has 2 aromatic heterocycles. The molecule has 0 aromatic carbocycles. The highest BCUT2D eigenvalue weighted by Gasteiger charge is 2.20. The number of thiazole rings is 1. The fourth-order valence-electron chi connectivity index (χ4n) is 2.80. The molecule has 0 amide bonds. The molecule has 2 heterocycles. The van der Waals surface area contributed by atoms with E-state index in [1.807, 2.05) is 19.1 Å². The molecule has 0 aliphatic rings. The lowest BCUT2D eigenvalue weighted by Gasteiger charge is -2.28. The number of guanidine groups is 1. The quantitative estimate of drug-likeness (QED) is 0.320. The number of hydrogen-bond acceptors (Lipinski definition) is 5. The number of likely N-dealkylation sites (N-methyl/N-ethyl adjacent to an activating group) is 1. The molecule has 6 nitrogen and oxygen atoms in total. The summed E-state index contributed by atoms with van der Waals surface area (Å²) in [4.78, 5) is 11.2. The number of halogens is 1. The molecule has 0 saturated heterocycles. The van der Waals surface area contributed by atoms with Crippen LogP contribution in [0.5, 0.6) is 0 Å². The molecule has 0 aliphatic carbocycles. The Morgan fingerprint density at radius 3 is 2.65 bits per heavy atom. The Hall–Kier alpha value is -1.13. The fraction of sp³-hybridized carbons (Fsp3) is 0.556. The average Bonchev–Trinajstić information content (AvgIpc) is 3.28. The maximum atomic E-state index is 5.64. The molecule has 1 unspecified atom stereocenters. The minimum absolute atomic E-state index is 0. The second-order valence-electron chi connectivity index (χ2n) is 5.74. The van der Waals surface area contributed by atoms with E-state index >= 15 is 0 Å². The minimum atomic E-state index is 0. The van der Waals surface area contributed by atoms with E-state index in [2.05, 4.69) is 44.7 Å². The van der Waals surface area contributed by atoms with E-state index in [1.54, 1.807) is 24.6 Å². The maximum Gasteiger partial charge on any atom is 0.191 e. The summed E-state index contributed by atoms with van der Waals surface area (Å²) in [7, 11) is 1.79. The van der Waals surface area contributed by atoms with Gasteiger partial charge in [-0.2, -0.15) is 0 Å². The molecule has 0 radical (unpaired) electrons. The molecule has 0 bridgehead atoms. The Bertz CT molecular complexity index is 640. The number of furan rings is 1. The van der Waals surface area contributed by atoms with Gasteiger partial charge >= 0.3 is 0 Å². The van der Waals surface area contributed by atoms with Crippen LogP contribution < -0.4 is 10.6 Å². The number of aliphatic imine (C=N–C) groups is 1. The van der Waals surface area contributed by atoms with Crippen LogP contribution in [0.25, 0.3) is 0 Å². The molecule has 8 heteroatoms. The zero-order valence-electron chi connectivity index (χ0n) is 16.0. The summed E-state index contributed by atoms with van der Waals surface area (Å²) in [5.41, 5.74) is 1.13. The highest BCUT2D eigenvalue weighted by atomic mass is 127. The number of rotatable bonds is 9. The number of nitrogens with zero attached hydrogens (tertiary/aromatic N) is 3. The second-order valence-corrected chi connectivity index (χ2v) is 6.80. The standard InChI is InChI=1S/C18H29N5OS.HI/c1-5-23(6-2)16(17-8-7-11-24-17)12-21-18(19-4)20-10-9-15-13-25-14(3)22-15;/h7-8,11,13,16H,5-6,9-10,12H2,1-4H3,(H2,19,20,21);1H. The minimum Gasteiger partial charge on any atom is -0.468 e. The van der Waals surface area contributed by atoms with Crippen LogP contribution in [0.4, 0.5) is 0 Å². The van der Waals surface area contributed by atoms with Crippen molar-refractivity contribution in [2.75, 3.05) is 33.2 Å². The Balaban J connectivity index is 0.00000338. The lowest BCUT2D eigenvalue weighted by Crippen LogP contribution is -2.43. The lowest BCUT2D eigenvalue weighted by atomic mass is 10.2. The van der Waals surface area contributed by atoms with E-state index in [0.29, 0.717) is 0 Å². The van der Waals surface area contributed by atoms with Gasteiger partial charge in [-0.15, -0.1) is 35.3 Å². The van der Waals surface area contributed by atoms with Crippen molar-refractivity contribution in [3.05, 3.63) is 40.2 Å². The lowest BCUT2D eigenvalue weighted by molar-refractivity contribution is 0.193. The summed E-state index contributed by atoms with van der Waals surface area (Å²) in [6.45, 7) is 9.86. The molecular weight excluding hydrogens is 461 g/mol. The topological polar surface area (TPSA) is 65.7 Å². The third-order valence-electron chi connectivity index (χ3n) is 4.15. The van der Waals surface area contributed by atoms with E-state index in [-0.39, 0.29) is 30.0 Å². The van der Waals surface area contributed by atoms with Crippen LogP contribution >= 0.6 is 35.3 Å². The van der Waals surface area contributed by atoms with Gasteiger partial charge in [0.25, 0.3) is 0 Å². The molecule has 1 atom stereocenters. The van der Waals surface area contributed by atoms with Crippen molar-refractivity contribution in [1.29, 1.82) is 0 Å². The monoisotopic (exact) mass is 491 g/mol. The smallest absolute Gasteiger partial charge is 0.191 e. The Morgan fingerprint density at radius 2 is 2.12 bits per heavy atom. The summed E-state index contributed by atoms with van der Waals surface area (Å²) >= 11 is 1.69. The SMILES string of the molecule is CCN(CC)C(CNC(=NC)NCCc1csc(C)n1)c1ccco1.I. The van der Waals surface area contributed by atoms with Gasteiger partial charge in [-0.3, -0.25) is 9.89 Å². The molecule has 146 valence electrons. The first-order valence-electron chi connectivity index (χ1n) is 8.80. The van der Waals surface area contributed by atoms with Crippen LogP contribution in [0, 0.1) is 6.92 Å². The molecule has 0 fully saturated rings. The predicted octanol–water partition coefficient (Wildman–Crippen LogP) is 3.45. The molecule has 0 saturated carbocycles. The zero-order chi connectivity index (χ0) is 18.1. The Kier molecular flexibility index (Phi) is 10.8. The van der Waals surface area contributed by atoms with Crippen molar-refractivity contribution in [3.63, 3.8) is 0 Å². The van der Waals surface area contributed by atoms with Crippen LogP contribution in [0.1, 0.15) is 36.4 Å². The van der Waals surface area contributed by atoms with Gasteiger partial charge in [0.15, 0.2) is 5.96 Å². The zero-order valence-corrected chi connectivity index (χ0v) is 19.1. The molecular formula is C18H30IN5OS. The van der Waals surface area contributed by atoms with Crippen LogP contribution in [0.2, 0.25) is 0 Å². The Morgan fingerprint density at radius 1 is 1.35 bits per heavy atom.